The van der Waals surface area contributed by atoms with Gasteiger partial charge in [0.1, 0.15) is 0 Å². The number of nitrogen functional groups attached to an aromatic ring is 1. The third kappa shape index (κ3) is 3.16. The van der Waals surface area contributed by atoms with Gasteiger partial charge in [0, 0.05) is 11.3 Å². The molecule has 0 aliphatic carbocycles. The summed E-state index contributed by atoms with van der Waals surface area (Å²) < 4.78 is 0. The molecule has 0 radical (unpaired) electrons. The lowest BCUT2D eigenvalue weighted by Crippen LogP contribution is -2.30. The Morgan fingerprint density at radius 1 is 1.25 bits per heavy atom. The van der Waals surface area contributed by atoms with Gasteiger partial charge in [0.2, 0.25) is 0 Å². The smallest absolute Gasteiger partial charge is 0.251 e. The first-order chi connectivity index (χ1) is 9.61. The topological polar surface area (TPSA) is 75.3 Å². The van der Waals surface area contributed by atoms with Crippen molar-refractivity contribution in [1.82, 2.24) is 5.32 Å². The van der Waals surface area contributed by atoms with Gasteiger partial charge >= 0.3 is 0 Å². The summed E-state index contributed by atoms with van der Waals surface area (Å²) in [7, 11) is 0. The summed E-state index contributed by atoms with van der Waals surface area (Å²) in [5.41, 5.74) is 8.67. The number of nitrogens with two attached hydrogens (primary N) is 1. The molecule has 104 valence electrons. The molecule has 1 atom stereocenters. The zero-order valence-electron chi connectivity index (χ0n) is 11.3. The Hall–Kier alpha value is -2.33. The first kappa shape index (κ1) is 14.1. The van der Waals surface area contributed by atoms with Crippen LogP contribution in [0.25, 0.3) is 0 Å². The molecule has 4 N–H and O–H groups in total. The fraction of sp³-hybridized carbons (Fsp3) is 0.188. The van der Waals surface area contributed by atoms with E-state index < -0.39 is 6.04 Å². The van der Waals surface area contributed by atoms with Crippen LogP contribution in [0, 0.1) is 6.92 Å². The molecule has 4 nitrogen and oxygen atoms in total. The number of aryl methyl sites for hydroxylation is 1. The number of rotatable bonds is 4. The van der Waals surface area contributed by atoms with E-state index in [0.717, 1.165) is 11.1 Å². The third-order valence-electron chi connectivity index (χ3n) is 3.23. The van der Waals surface area contributed by atoms with E-state index in [-0.39, 0.29) is 12.5 Å². The van der Waals surface area contributed by atoms with Crippen LogP contribution in [0.3, 0.4) is 0 Å². The van der Waals surface area contributed by atoms with Gasteiger partial charge in [0.25, 0.3) is 5.91 Å². The van der Waals surface area contributed by atoms with Gasteiger partial charge in [-0.2, -0.15) is 0 Å². The van der Waals surface area contributed by atoms with Crippen LogP contribution in [-0.2, 0) is 0 Å². The maximum absolute atomic E-state index is 12.2. The number of carbonyl (C=O) groups is 1. The lowest BCUT2D eigenvalue weighted by Gasteiger charge is -2.17. The van der Waals surface area contributed by atoms with Crippen LogP contribution in [0.1, 0.15) is 27.5 Å². The van der Waals surface area contributed by atoms with Crippen molar-refractivity contribution in [3.8, 4) is 0 Å². The molecule has 0 aliphatic rings. The van der Waals surface area contributed by atoms with Crippen molar-refractivity contribution in [1.29, 1.82) is 0 Å². The van der Waals surface area contributed by atoms with E-state index in [1.165, 1.54) is 0 Å². The highest BCUT2D eigenvalue weighted by Gasteiger charge is 2.15. The van der Waals surface area contributed by atoms with E-state index in [4.69, 9.17) is 5.73 Å². The number of anilines is 1. The fourth-order valence-electron chi connectivity index (χ4n) is 1.94. The molecule has 0 saturated carbocycles. The maximum Gasteiger partial charge on any atom is 0.251 e. The van der Waals surface area contributed by atoms with Crippen LogP contribution in [0.2, 0.25) is 0 Å². The van der Waals surface area contributed by atoms with Crippen molar-refractivity contribution >= 4 is 11.6 Å². The highest BCUT2D eigenvalue weighted by Crippen LogP contribution is 2.16. The number of benzene rings is 2. The predicted octanol–water partition coefficient (Wildman–Crippen LogP) is 2.04. The fourth-order valence-corrected chi connectivity index (χ4v) is 1.94. The molecule has 0 heterocycles. The summed E-state index contributed by atoms with van der Waals surface area (Å²) in [5.74, 6) is -0.250. The first-order valence-electron chi connectivity index (χ1n) is 6.44. The van der Waals surface area contributed by atoms with E-state index in [9.17, 15) is 9.90 Å². The minimum atomic E-state index is -0.425. The molecule has 2 aromatic carbocycles. The second-order valence-electron chi connectivity index (χ2n) is 4.69. The van der Waals surface area contributed by atoms with Crippen molar-refractivity contribution in [3.63, 3.8) is 0 Å². The molecule has 0 aliphatic heterocycles. The lowest BCUT2D eigenvalue weighted by molar-refractivity contribution is 0.0916. The van der Waals surface area contributed by atoms with Gasteiger partial charge in [0.15, 0.2) is 0 Å². The van der Waals surface area contributed by atoms with Crippen molar-refractivity contribution in [2.75, 3.05) is 12.3 Å². The molecule has 2 rings (SSSR count). The number of amides is 1. The molecule has 2 aromatic rings. The van der Waals surface area contributed by atoms with Crippen LogP contribution in [0.5, 0.6) is 0 Å². The highest BCUT2D eigenvalue weighted by molar-refractivity contribution is 5.95. The third-order valence-corrected chi connectivity index (χ3v) is 3.23. The Kier molecular flexibility index (Phi) is 4.38. The van der Waals surface area contributed by atoms with Crippen LogP contribution in [-0.4, -0.2) is 17.6 Å². The summed E-state index contributed by atoms with van der Waals surface area (Å²) in [6.07, 6.45) is 0. The number of hydrogen-bond acceptors (Lipinski definition) is 3. The zero-order chi connectivity index (χ0) is 14.5. The van der Waals surface area contributed by atoms with E-state index in [0.29, 0.717) is 11.3 Å². The Morgan fingerprint density at radius 3 is 2.55 bits per heavy atom. The first-order valence-corrected chi connectivity index (χ1v) is 6.44. The van der Waals surface area contributed by atoms with Gasteiger partial charge < -0.3 is 16.2 Å². The van der Waals surface area contributed by atoms with Gasteiger partial charge in [-0.1, -0.05) is 36.4 Å². The average molecular weight is 270 g/mol. The average Bonchev–Trinajstić information content (AvgIpc) is 2.48. The van der Waals surface area contributed by atoms with Crippen molar-refractivity contribution in [3.05, 3.63) is 65.2 Å². The van der Waals surface area contributed by atoms with Gasteiger partial charge in [-0.3, -0.25) is 4.79 Å². The highest BCUT2D eigenvalue weighted by atomic mass is 16.3. The van der Waals surface area contributed by atoms with Gasteiger partial charge in [-0.05, 0) is 30.2 Å². The standard InChI is InChI=1S/C16H18N2O2/c1-11-7-8-13(9-14(11)17)16(20)18-15(10-19)12-5-3-2-4-6-12/h2-9,15,19H,10,17H2,1H3,(H,18,20). The van der Waals surface area contributed by atoms with Crippen molar-refractivity contribution in [2.45, 2.75) is 13.0 Å². The quantitative estimate of drug-likeness (QED) is 0.744. The Bertz CT molecular complexity index is 597. The molecule has 0 bridgehead atoms. The minimum absolute atomic E-state index is 0.156. The summed E-state index contributed by atoms with van der Waals surface area (Å²) in [6.45, 7) is 1.73. The molecule has 0 spiro atoms. The molecular weight excluding hydrogens is 252 g/mol. The van der Waals surface area contributed by atoms with E-state index in [1.807, 2.05) is 37.3 Å². The van der Waals surface area contributed by atoms with Gasteiger partial charge in [-0.15, -0.1) is 0 Å². The summed E-state index contributed by atoms with van der Waals surface area (Å²) in [4.78, 5) is 12.2. The number of aliphatic hydroxyl groups excluding tert-OH is 1. The molecule has 1 unspecified atom stereocenters. The molecule has 0 aromatic heterocycles. The van der Waals surface area contributed by atoms with Crippen LogP contribution in [0.4, 0.5) is 5.69 Å². The number of nitrogens with one attached hydrogen (secondary N) is 1. The van der Waals surface area contributed by atoms with Crippen LogP contribution in [0.15, 0.2) is 48.5 Å². The Morgan fingerprint density at radius 2 is 1.95 bits per heavy atom. The predicted molar refractivity (Wildman–Crippen MR) is 79.3 cm³/mol. The van der Waals surface area contributed by atoms with Crippen molar-refractivity contribution in [2.24, 2.45) is 0 Å². The minimum Gasteiger partial charge on any atom is -0.398 e. The van der Waals surface area contributed by atoms with E-state index in [2.05, 4.69) is 5.32 Å². The Balaban J connectivity index is 2.15. The molecule has 4 heteroatoms. The lowest BCUT2D eigenvalue weighted by atomic mass is 10.1. The second kappa shape index (κ2) is 6.21. The normalized spacial score (nSPS) is 11.9. The second-order valence-corrected chi connectivity index (χ2v) is 4.69. The summed E-state index contributed by atoms with van der Waals surface area (Å²) in [5, 5.41) is 12.2. The molecule has 0 fully saturated rings. The summed E-state index contributed by atoms with van der Waals surface area (Å²) in [6, 6.07) is 14.1. The number of carbonyl (C=O) groups excluding carboxylic acids is 1. The van der Waals surface area contributed by atoms with Gasteiger partial charge in [0.05, 0.1) is 12.6 Å². The number of hydrogen-bond donors (Lipinski definition) is 3. The SMILES string of the molecule is Cc1ccc(C(=O)NC(CO)c2ccccc2)cc1N. The molecule has 0 saturated heterocycles. The van der Waals surface area contributed by atoms with E-state index >= 15 is 0 Å². The van der Waals surface area contributed by atoms with Crippen LogP contribution < -0.4 is 11.1 Å². The van der Waals surface area contributed by atoms with Crippen LogP contribution >= 0.6 is 0 Å². The number of aliphatic hydroxyl groups is 1. The van der Waals surface area contributed by atoms with E-state index in [1.54, 1.807) is 18.2 Å². The molecule has 20 heavy (non-hydrogen) atoms. The zero-order valence-corrected chi connectivity index (χ0v) is 11.3. The molecule has 1 amide bonds. The maximum atomic E-state index is 12.2. The molecular formula is C16H18N2O2. The largest absolute Gasteiger partial charge is 0.398 e. The Labute approximate surface area is 118 Å². The van der Waals surface area contributed by atoms with Gasteiger partial charge in [-0.25, -0.2) is 0 Å². The monoisotopic (exact) mass is 270 g/mol. The van der Waals surface area contributed by atoms with Crippen molar-refractivity contribution < 1.29 is 9.90 Å². The summed E-state index contributed by atoms with van der Waals surface area (Å²) >= 11 is 0.